The molecule has 0 spiro atoms. The molecule has 8 rings (SSSR count). The minimum atomic E-state index is -0.601. The monoisotopic (exact) mass is 839 g/mol. The van der Waals surface area contributed by atoms with E-state index in [-0.39, 0.29) is 80.0 Å². The summed E-state index contributed by atoms with van der Waals surface area (Å²) in [6.07, 6.45) is 15.5. The van der Waals surface area contributed by atoms with E-state index in [4.69, 9.17) is 19.9 Å². The van der Waals surface area contributed by atoms with Crippen LogP contribution in [0.2, 0.25) is 0 Å². The molecule has 2 heterocycles. The lowest BCUT2D eigenvalue weighted by Gasteiger charge is -2.30. The van der Waals surface area contributed by atoms with Crippen LogP contribution in [0.4, 0.5) is 5.69 Å². The van der Waals surface area contributed by atoms with Crippen molar-refractivity contribution in [2.75, 3.05) is 26.1 Å². The molecule has 4 aliphatic rings. The van der Waals surface area contributed by atoms with Crippen molar-refractivity contribution in [2.24, 2.45) is 28.5 Å². The Hall–Kier alpha value is -6.22. The van der Waals surface area contributed by atoms with Gasteiger partial charge in [0.25, 0.3) is 0 Å². The highest BCUT2D eigenvalue weighted by Gasteiger charge is 2.29. The summed E-state index contributed by atoms with van der Waals surface area (Å²) < 4.78 is 18.4. The van der Waals surface area contributed by atoms with Crippen molar-refractivity contribution in [3.05, 3.63) is 124 Å². The van der Waals surface area contributed by atoms with Crippen LogP contribution in [0.1, 0.15) is 83.9 Å². The number of hydrogen-bond donors (Lipinski definition) is 6. The molecule has 0 aromatic heterocycles. The Morgan fingerprint density at radius 1 is 1.05 bits per heavy atom. The van der Waals surface area contributed by atoms with Gasteiger partial charge in [0.2, 0.25) is 0 Å². The molecule has 324 valence electrons. The number of ether oxygens (including phenoxy) is 3. The number of aliphatic hydroxyl groups is 3. The Labute approximate surface area is 363 Å². The summed E-state index contributed by atoms with van der Waals surface area (Å²) in [6, 6.07) is 17.4. The maximum Gasteiger partial charge on any atom is 0.192 e. The molecule has 7 N–H and O–H groups in total. The third-order valence-corrected chi connectivity index (χ3v) is 12.4. The number of allylic oxidation sites excluding steroid dienone is 4. The third-order valence-electron chi connectivity index (χ3n) is 12.4. The molecule has 62 heavy (non-hydrogen) atoms. The number of nitrogens with zero attached hydrogens (tertiary/aromatic N) is 1. The van der Waals surface area contributed by atoms with Crippen LogP contribution < -0.4 is 20.5 Å². The average Bonchev–Trinajstić information content (AvgIpc) is 3.27. The second-order valence-electron chi connectivity index (χ2n) is 16.6. The van der Waals surface area contributed by atoms with Gasteiger partial charge in [0.05, 0.1) is 13.7 Å². The summed E-state index contributed by atoms with van der Waals surface area (Å²) in [7, 11) is 3.21. The van der Waals surface area contributed by atoms with Crippen molar-refractivity contribution in [3.8, 4) is 29.3 Å². The van der Waals surface area contributed by atoms with Gasteiger partial charge in [-0.05, 0) is 137 Å². The predicted octanol–water partition coefficient (Wildman–Crippen LogP) is 8.17. The smallest absolute Gasteiger partial charge is 0.192 e. The first-order valence-corrected chi connectivity index (χ1v) is 21.4. The number of carbonyl (C=O) groups excluding carboxylic acids is 1. The number of Topliss-reactive ketones (excluding diaryl/α,β-unsaturated/α-hetero) is 1. The molecule has 0 saturated carbocycles. The van der Waals surface area contributed by atoms with Crippen molar-refractivity contribution >= 4 is 34.3 Å². The van der Waals surface area contributed by atoms with E-state index >= 15 is 0 Å². The maximum atomic E-state index is 13.8. The average molecular weight is 840 g/mol. The number of methoxy groups -OCH3 is 1. The van der Waals surface area contributed by atoms with Gasteiger partial charge in [0, 0.05) is 55.6 Å². The van der Waals surface area contributed by atoms with Crippen LogP contribution in [-0.2, 0) is 42.0 Å². The molecule has 4 aromatic rings. The molecule has 2 aliphatic heterocycles. The normalized spacial score (nSPS) is 20.6. The SMILES string of the molecule is CN=C(N)Nc1cccc(CC[C@H](CO)C[C@H]2C=CC(O)=C[C@H]2C[C@H]2CC(=O)CCc3ccc(OC)c(c3)OCc3c(CO)cc4c(c(O)cc5c4c3C=C[C@@H]5C)CC#CO2)c1. The first kappa shape index (κ1) is 43.9. The molecule has 5 atom stereocenters. The van der Waals surface area contributed by atoms with Gasteiger partial charge in [0.1, 0.15) is 36.1 Å². The number of aliphatic hydroxyl groups excluding tert-OH is 3. The minimum absolute atomic E-state index is 0.00243. The molecule has 11 nitrogen and oxygen atoms in total. The number of hydrogen-bond acceptors (Lipinski definition) is 9. The zero-order chi connectivity index (χ0) is 43.8. The van der Waals surface area contributed by atoms with Gasteiger partial charge < -0.3 is 45.7 Å². The number of benzene rings is 4. The van der Waals surface area contributed by atoms with Crippen LogP contribution in [0.15, 0.2) is 89.7 Å². The summed E-state index contributed by atoms with van der Waals surface area (Å²) in [6.45, 7) is 2.02. The van der Waals surface area contributed by atoms with E-state index in [2.05, 4.69) is 41.4 Å². The Morgan fingerprint density at radius 3 is 2.69 bits per heavy atom. The summed E-state index contributed by atoms with van der Waals surface area (Å²) in [4.78, 5) is 17.7. The molecule has 0 unspecified atom stereocenters. The molecule has 2 aliphatic carbocycles. The first-order chi connectivity index (χ1) is 30.1. The van der Waals surface area contributed by atoms with Crippen molar-refractivity contribution < 1.29 is 39.4 Å². The van der Waals surface area contributed by atoms with E-state index in [0.717, 1.165) is 57.1 Å². The van der Waals surface area contributed by atoms with Crippen molar-refractivity contribution in [3.63, 3.8) is 0 Å². The Morgan fingerprint density at radius 2 is 1.90 bits per heavy atom. The molecular formula is C51H57N3O8. The van der Waals surface area contributed by atoms with Gasteiger partial charge in [-0.25, -0.2) is 0 Å². The molecule has 4 aromatic carbocycles. The molecule has 0 radical (unpaired) electrons. The second-order valence-corrected chi connectivity index (χ2v) is 16.6. The van der Waals surface area contributed by atoms with Crippen LogP contribution in [0.25, 0.3) is 16.8 Å². The summed E-state index contributed by atoms with van der Waals surface area (Å²) in [5.74, 6) is 4.60. The van der Waals surface area contributed by atoms with E-state index in [1.807, 2.05) is 60.7 Å². The van der Waals surface area contributed by atoms with E-state index in [1.54, 1.807) is 26.3 Å². The minimum Gasteiger partial charge on any atom is -0.508 e. The fourth-order valence-corrected chi connectivity index (χ4v) is 8.99. The lowest BCUT2D eigenvalue weighted by Crippen LogP contribution is -2.26. The number of nitrogens with two attached hydrogens (primary N) is 1. The number of aromatic hydroxyl groups is 1. The number of carbonyl (C=O) groups is 1. The zero-order valence-electron chi connectivity index (χ0n) is 35.7. The predicted molar refractivity (Wildman–Crippen MR) is 243 cm³/mol. The number of aliphatic imine (C=N–C) groups is 1. The molecule has 0 amide bonds. The number of fused-ring (bicyclic) bond motifs is 9. The summed E-state index contributed by atoms with van der Waals surface area (Å²) >= 11 is 0. The fraction of sp³-hybridized carbons (Fsp3) is 0.373. The van der Waals surface area contributed by atoms with E-state index in [0.29, 0.717) is 47.8 Å². The Bertz CT molecular complexity index is 2480. The largest absolute Gasteiger partial charge is 0.508 e. The Kier molecular flexibility index (Phi) is 14.2. The van der Waals surface area contributed by atoms with Crippen molar-refractivity contribution in [1.82, 2.24) is 0 Å². The van der Waals surface area contributed by atoms with Crippen molar-refractivity contribution in [2.45, 2.75) is 83.5 Å². The van der Waals surface area contributed by atoms with Gasteiger partial charge in [-0.1, -0.05) is 49.3 Å². The Balaban J connectivity index is 1.17. The van der Waals surface area contributed by atoms with Gasteiger partial charge in [-0.2, -0.15) is 0 Å². The number of guanidine groups is 1. The molecule has 0 saturated heterocycles. The first-order valence-electron chi connectivity index (χ1n) is 21.4. The highest BCUT2D eigenvalue weighted by atomic mass is 16.5. The highest BCUT2D eigenvalue weighted by molar-refractivity contribution is 6.01. The van der Waals surface area contributed by atoms with E-state index in [9.17, 15) is 25.2 Å². The lowest BCUT2D eigenvalue weighted by molar-refractivity contribution is -0.121. The van der Waals surface area contributed by atoms with Crippen LogP contribution in [0, 0.1) is 29.8 Å². The number of aryl methyl sites for hydroxylation is 2. The van der Waals surface area contributed by atoms with Crippen LogP contribution in [0.5, 0.6) is 17.2 Å². The number of ketones is 1. The summed E-state index contributed by atoms with van der Waals surface area (Å²) in [5, 5.41) is 48.2. The lowest BCUT2D eigenvalue weighted by atomic mass is 9.77. The molecular weight excluding hydrogens is 783 g/mol. The fourth-order valence-electron chi connectivity index (χ4n) is 8.99. The van der Waals surface area contributed by atoms with Crippen LogP contribution in [0.3, 0.4) is 0 Å². The summed E-state index contributed by atoms with van der Waals surface area (Å²) in [5.41, 5.74) is 12.8. The van der Waals surface area contributed by atoms with Crippen molar-refractivity contribution in [1.29, 1.82) is 0 Å². The van der Waals surface area contributed by atoms with E-state index < -0.39 is 6.10 Å². The number of anilines is 1. The van der Waals surface area contributed by atoms with Gasteiger partial charge in [-0.3, -0.25) is 9.79 Å². The van der Waals surface area contributed by atoms with Gasteiger partial charge in [-0.15, -0.1) is 0 Å². The number of rotatable bonds is 11. The molecule has 6 bridgehead atoms. The third kappa shape index (κ3) is 10.3. The van der Waals surface area contributed by atoms with Gasteiger partial charge >= 0.3 is 0 Å². The quantitative estimate of drug-likeness (QED) is 0.0491. The highest BCUT2D eigenvalue weighted by Crippen LogP contribution is 2.43. The molecule has 0 fully saturated rings. The number of phenolic OH excluding ortho intramolecular Hbond substituents is 1. The molecule has 11 heteroatoms. The second kappa shape index (κ2) is 20.1. The van der Waals surface area contributed by atoms with E-state index in [1.165, 1.54) is 0 Å². The van der Waals surface area contributed by atoms with Crippen LogP contribution >= 0.6 is 0 Å². The van der Waals surface area contributed by atoms with Crippen LogP contribution in [-0.4, -0.2) is 59.0 Å². The zero-order valence-corrected chi connectivity index (χ0v) is 35.7. The topological polar surface area (TPSA) is 176 Å². The number of nitrogens with one attached hydrogen (secondary N) is 1. The standard InChI is InChI=1S/C51H57N3O8/c1-31-9-17-43-46-30-62-49-22-33(13-18-48(49)60-3)12-15-40(58)26-41(61-19-5-8-42-45(25-37(46)29-56)50(43)44(31)27-47(42)59)24-36-23-39(57)16-14-35(36)20-34(28-55)11-10-32-6-4-7-38(21-32)54-51(52)53-2/h4,6-7,9,13-14,16-18,21-23,25,27,31,34-36,41,55-57,59H,8,10-12,15,20,24,26,28-30H2,1-3H3,(H3,52,53,54)/t31-,34-,35+,36-,41-/m0/s1. The number of phenols is 1. The maximum absolute atomic E-state index is 13.8. The van der Waals surface area contributed by atoms with Gasteiger partial charge in [0.15, 0.2) is 17.5 Å².